The van der Waals surface area contributed by atoms with E-state index >= 15 is 0 Å². The zero-order valence-corrected chi connectivity index (χ0v) is 42.1. The highest BCUT2D eigenvalue weighted by atomic mass is 32.2. The lowest BCUT2D eigenvalue weighted by Gasteiger charge is -2.56. The first-order valence-electron chi connectivity index (χ1n) is 26.3. The number of carbonyl (C=O) groups is 1. The molecule has 2 aromatic heterocycles. The number of nitrogens with one attached hydrogen (secondary N) is 3. The summed E-state index contributed by atoms with van der Waals surface area (Å²) in [6.07, 6.45) is 16.0. The van der Waals surface area contributed by atoms with Gasteiger partial charge in [0.25, 0.3) is 21.6 Å². The fourth-order valence-electron chi connectivity index (χ4n) is 13.3. The number of H-pyrrole nitrogens is 1. The number of ether oxygens (including phenoxy) is 3. The van der Waals surface area contributed by atoms with Crippen LogP contribution in [0.5, 0.6) is 5.88 Å². The van der Waals surface area contributed by atoms with Crippen LogP contribution in [0, 0.1) is 21.4 Å². The number of anilines is 4. The van der Waals surface area contributed by atoms with E-state index in [9.17, 15) is 23.3 Å². The zero-order chi connectivity index (χ0) is 49.4. The van der Waals surface area contributed by atoms with Crippen molar-refractivity contribution in [1.29, 1.82) is 0 Å². The molecule has 17 heteroatoms. The molecule has 3 aliphatic carbocycles. The number of hydrogen-bond acceptors (Lipinski definition) is 13. The number of hydrogen-bond donors (Lipinski definition) is 3. The van der Waals surface area contributed by atoms with E-state index in [2.05, 4.69) is 56.0 Å². The van der Waals surface area contributed by atoms with Crippen LogP contribution in [0.25, 0.3) is 11.0 Å². The van der Waals surface area contributed by atoms with Gasteiger partial charge in [-0.1, -0.05) is 30.7 Å². The number of methoxy groups -OCH3 is 1. The third kappa shape index (κ3) is 8.66. The van der Waals surface area contributed by atoms with Gasteiger partial charge in [-0.3, -0.25) is 19.8 Å². The number of pyridine rings is 1. The Kier molecular flexibility index (Phi) is 12.2. The number of carbonyl (C=O) groups excluding carboxylic acids is 1. The lowest BCUT2D eigenvalue weighted by Crippen LogP contribution is -2.55. The second-order valence-electron chi connectivity index (χ2n) is 22.1. The fraction of sp³-hybridized carbons (Fsp3) is 0.527. The summed E-state index contributed by atoms with van der Waals surface area (Å²) >= 11 is 0. The van der Waals surface area contributed by atoms with E-state index < -0.39 is 27.0 Å². The van der Waals surface area contributed by atoms with E-state index in [4.69, 9.17) is 19.2 Å². The van der Waals surface area contributed by atoms with Crippen molar-refractivity contribution < 1.29 is 32.3 Å². The van der Waals surface area contributed by atoms with Crippen molar-refractivity contribution in [2.24, 2.45) is 11.3 Å². The quantitative estimate of drug-likeness (QED) is 0.0749. The van der Waals surface area contributed by atoms with Crippen molar-refractivity contribution in [1.82, 2.24) is 19.6 Å². The molecule has 72 heavy (non-hydrogen) atoms. The Morgan fingerprint density at radius 1 is 0.917 bits per heavy atom. The minimum atomic E-state index is -4.60. The molecule has 7 aliphatic rings. The van der Waals surface area contributed by atoms with Crippen molar-refractivity contribution in [3.05, 3.63) is 106 Å². The summed E-state index contributed by atoms with van der Waals surface area (Å²) in [5.41, 5.74) is 5.95. The first-order chi connectivity index (χ1) is 34.9. The molecule has 3 saturated carbocycles. The molecular weight excluding hydrogens is 933 g/mol. The van der Waals surface area contributed by atoms with E-state index in [0.717, 1.165) is 74.7 Å². The Hall–Kier alpha value is -5.75. The number of likely N-dealkylation sites (tertiary alicyclic amines) is 1. The molecule has 16 nitrogen and oxygen atoms in total. The highest BCUT2D eigenvalue weighted by Crippen LogP contribution is 2.55. The van der Waals surface area contributed by atoms with Crippen molar-refractivity contribution in [2.75, 3.05) is 61.6 Å². The number of nitro benzene ring substituents is 1. The normalized spacial score (nSPS) is 26.4. The SMILES string of the molecule is COC1(C)CCC(CNc2ccc(S(=O)(=O)NC(=O)c3ccc(N4CCC5(CC4)CC(N4CCC[C@H]4c4ccccc4C4CCC4)C5)cc3N3c4cc5cc[nH]c5nc4O[C@H]4COC[C@@H]43)cc2[N+](=O)[O-])CC1. The van der Waals surface area contributed by atoms with Gasteiger partial charge in [-0.2, -0.15) is 4.98 Å². The molecule has 3 aromatic carbocycles. The lowest BCUT2D eigenvalue weighted by molar-refractivity contribution is -0.384. The van der Waals surface area contributed by atoms with Crippen LogP contribution in [0.15, 0.2) is 83.9 Å². The largest absolute Gasteiger partial charge is 0.468 e. The Labute approximate surface area is 421 Å². The van der Waals surface area contributed by atoms with Gasteiger partial charge in [0.2, 0.25) is 5.88 Å². The summed E-state index contributed by atoms with van der Waals surface area (Å²) < 4.78 is 48.8. The Morgan fingerprint density at radius 3 is 2.46 bits per heavy atom. The Bertz CT molecular complexity index is 2990. The predicted octanol–water partition coefficient (Wildman–Crippen LogP) is 9.75. The van der Waals surface area contributed by atoms with E-state index in [-0.39, 0.29) is 39.4 Å². The van der Waals surface area contributed by atoms with Crippen LogP contribution in [0.3, 0.4) is 0 Å². The molecule has 1 amide bonds. The van der Waals surface area contributed by atoms with Crippen molar-refractivity contribution in [3.8, 4) is 5.88 Å². The molecule has 12 rings (SSSR count). The molecule has 6 fully saturated rings. The summed E-state index contributed by atoms with van der Waals surface area (Å²) in [5.74, 6) is 0.518. The van der Waals surface area contributed by atoms with Crippen LogP contribution in [0.4, 0.5) is 28.4 Å². The van der Waals surface area contributed by atoms with Crippen molar-refractivity contribution in [2.45, 2.75) is 131 Å². The van der Waals surface area contributed by atoms with Crippen molar-refractivity contribution in [3.63, 3.8) is 0 Å². The number of amides is 1. The van der Waals surface area contributed by atoms with E-state index in [1.165, 1.54) is 63.6 Å². The number of nitro groups is 1. The number of nitrogens with zero attached hydrogens (tertiary/aromatic N) is 5. The molecule has 0 unspecified atom stereocenters. The highest BCUT2D eigenvalue weighted by Gasteiger charge is 2.50. The maximum atomic E-state index is 14.7. The molecule has 5 aromatic rings. The first-order valence-corrected chi connectivity index (χ1v) is 27.7. The number of sulfonamides is 1. The summed E-state index contributed by atoms with van der Waals surface area (Å²) in [5, 5.41) is 16.5. The topological polar surface area (TPSA) is 184 Å². The van der Waals surface area contributed by atoms with E-state index in [1.807, 2.05) is 35.4 Å². The molecule has 3 saturated heterocycles. The number of aromatic amines is 1. The van der Waals surface area contributed by atoms with Crippen molar-refractivity contribution >= 4 is 55.4 Å². The number of rotatable bonds is 13. The maximum Gasteiger partial charge on any atom is 0.293 e. The monoisotopic (exact) mass is 998 g/mol. The third-order valence-corrected chi connectivity index (χ3v) is 19.3. The van der Waals surface area contributed by atoms with Gasteiger partial charge >= 0.3 is 0 Å². The van der Waals surface area contributed by atoms with Gasteiger partial charge in [0.15, 0.2) is 0 Å². The number of piperidine rings is 1. The van der Waals surface area contributed by atoms with Crippen LogP contribution in [-0.4, -0.2) is 104 Å². The van der Waals surface area contributed by atoms with Gasteiger partial charge in [0, 0.05) is 62.2 Å². The zero-order valence-electron chi connectivity index (χ0n) is 41.3. The second-order valence-corrected chi connectivity index (χ2v) is 23.8. The summed E-state index contributed by atoms with van der Waals surface area (Å²) in [7, 11) is -2.87. The lowest BCUT2D eigenvalue weighted by atomic mass is 9.59. The van der Waals surface area contributed by atoms with Crippen LogP contribution < -0.4 is 24.6 Å². The summed E-state index contributed by atoms with van der Waals surface area (Å²) in [6.45, 7) is 6.12. The maximum absolute atomic E-state index is 14.7. The molecule has 4 aliphatic heterocycles. The fourth-order valence-corrected chi connectivity index (χ4v) is 14.3. The summed E-state index contributed by atoms with van der Waals surface area (Å²) in [6, 6.07) is 23.2. The molecule has 3 atom stereocenters. The molecule has 3 N–H and O–H groups in total. The van der Waals surface area contributed by atoms with Gasteiger partial charge in [0.05, 0.1) is 45.9 Å². The van der Waals surface area contributed by atoms with Gasteiger partial charge < -0.3 is 34.3 Å². The van der Waals surface area contributed by atoms with Crippen LogP contribution in [0.1, 0.15) is 124 Å². The van der Waals surface area contributed by atoms with Gasteiger partial charge in [-0.25, -0.2) is 13.1 Å². The second kappa shape index (κ2) is 18.6. The standard InChI is InChI=1S/C55H66N8O8S/c1-54(69-2)19-16-35(17-20-54)32-57-44-15-13-40(29-47(44)63(65)66)72(67,68)59-52(64)43-14-12-38(28-46(43)62-48-27-37-18-23-56-51(37)58-53(48)71-50-34-70-33-49(50)62)60-25-21-55(22-26-60)30-39(31-55)61-24-6-11-45(61)42-10-4-3-9-41(42)36-7-5-8-36/h3-4,9-10,12-15,18,23,27-29,35-36,39,45,49-50,57H,5-8,11,16-17,19-22,24-26,30-34H2,1-2H3,(H,56,58)(H,59,64)/t35?,45-,49-,50-,54?/m0/s1. The molecule has 6 heterocycles. The third-order valence-electron chi connectivity index (χ3n) is 18.0. The van der Waals surface area contributed by atoms with E-state index in [0.29, 0.717) is 60.2 Å². The van der Waals surface area contributed by atoms with Crippen LogP contribution >= 0.6 is 0 Å². The summed E-state index contributed by atoms with van der Waals surface area (Å²) in [4.78, 5) is 41.4. The average molecular weight is 999 g/mol. The van der Waals surface area contributed by atoms with E-state index in [1.54, 1.807) is 24.3 Å². The minimum absolute atomic E-state index is 0.120. The first kappa shape index (κ1) is 47.3. The predicted molar refractivity (Wildman–Crippen MR) is 276 cm³/mol. The number of benzene rings is 3. The minimum Gasteiger partial charge on any atom is -0.468 e. The molecule has 0 radical (unpaired) electrons. The van der Waals surface area contributed by atoms with Gasteiger partial charge in [0.1, 0.15) is 23.1 Å². The molecule has 380 valence electrons. The van der Waals surface area contributed by atoms with Crippen LogP contribution in [-0.2, 0) is 19.5 Å². The van der Waals surface area contributed by atoms with Gasteiger partial charge in [-0.15, -0.1) is 0 Å². The Balaban J connectivity index is 0.798. The Morgan fingerprint density at radius 2 is 1.71 bits per heavy atom. The molecular formula is C55H66N8O8S. The van der Waals surface area contributed by atoms with Crippen LogP contribution in [0.2, 0.25) is 0 Å². The molecule has 1 spiro atoms. The highest BCUT2D eigenvalue weighted by molar-refractivity contribution is 7.90. The average Bonchev–Trinajstić information content (AvgIpc) is 4.15. The number of fused-ring (bicyclic) bond motifs is 3. The number of aromatic nitrogens is 2. The molecule has 0 bridgehead atoms. The smallest absolute Gasteiger partial charge is 0.293 e. The van der Waals surface area contributed by atoms with Gasteiger partial charge in [-0.05, 0) is 161 Å².